The highest BCUT2D eigenvalue weighted by atomic mass is 35.5. The number of hydrogen-bond donors (Lipinski definition) is 1. The molecule has 0 radical (unpaired) electrons. The lowest BCUT2D eigenvalue weighted by atomic mass is 9.92. The second-order valence-electron chi connectivity index (χ2n) is 6.88. The van der Waals surface area contributed by atoms with Crippen molar-refractivity contribution in [3.63, 3.8) is 0 Å². The van der Waals surface area contributed by atoms with Crippen LogP contribution in [-0.4, -0.2) is 43.2 Å². The lowest BCUT2D eigenvalue weighted by Gasteiger charge is -2.38. The fourth-order valence-corrected chi connectivity index (χ4v) is 3.21. The van der Waals surface area contributed by atoms with Gasteiger partial charge in [0.15, 0.2) is 11.5 Å². The summed E-state index contributed by atoms with van der Waals surface area (Å²) in [5.74, 6) is 2.00. The molecule has 0 aliphatic carbocycles. The van der Waals surface area contributed by atoms with Crippen molar-refractivity contribution in [3.05, 3.63) is 23.8 Å². The number of amides is 1. The number of ether oxygens (including phenoxy) is 2. The van der Waals surface area contributed by atoms with Crippen LogP contribution >= 0.6 is 12.4 Å². The van der Waals surface area contributed by atoms with Crippen molar-refractivity contribution < 1.29 is 14.3 Å². The maximum atomic E-state index is 13.0. The number of rotatable bonds is 8. The molecule has 0 bridgehead atoms. The van der Waals surface area contributed by atoms with E-state index in [0.717, 1.165) is 32.2 Å². The van der Waals surface area contributed by atoms with Gasteiger partial charge in [0, 0.05) is 24.7 Å². The smallest absolute Gasteiger partial charge is 0.254 e. The molecule has 6 heteroatoms. The van der Waals surface area contributed by atoms with Crippen LogP contribution in [-0.2, 0) is 0 Å². The number of nitrogens with two attached hydrogens (primary N) is 1. The average molecular weight is 385 g/mol. The Hall–Kier alpha value is -1.46. The molecule has 1 amide bonds. The summed E-state index contributed by atoms with van der Waals surface area (Å²) >= 11 is 0. The normalized spacial score (nSPS) is 19.6. The van der Waals surface area contributed by atoms with Gasteiger partial charge in [-0.1, -0.05) is 20.8 Å². The van der Waals surface area contributed by atoms with E-state index in [-0.39, 0.29) is 24.4 Å². The van der Waals surface area contributed by atoms with Crippen molar-refractivity contribution >= 4 is 18.3 Å². The number of benzene rings is 1. The Bertz CT molecular complexity index is 568. The molecule has 1 saturated heterocycles. The first kappa shape index (κ1) is 22.6. The topological polar surface area (TPSA) is 64.8 Å². The van der Waals surface area contributed by atoms with Gasteiger partial charge in [-0.15, -0.1) is 12.4 Å². The van der Waals surface area contributed by atoms with E-state index in [0.29, 0.717) is 42.7 Å². The van der Waals surface area contributed by atoms with Gasteiger partial charge in [0.25, 0.3) is 5.91 Å². The van der Waals surface area contributed by atoms with E-state index in [4.69, 9.17) is 15.2 Å². The minimum atomic E-state index is 0. The summed E-state index contributed by atoms with van der Waals surface area (Å²) in [5, 5.41) is 0. The monoisotopic (exact) mass is 384 g/mol. The highest BCUT2D eigenvalue weighted by molar-refractivity contribution is 5.95. The first-order chi connectivity index (χ1) is 12.1. The molecule has 1 heterocycles. The fourth-order valence-electron chi connectivity index (χ4n) is 3.21. The lowest BCUT2D eigenvalue weighted by Crippen LogP contribution is -2.49. The summed E-state index contributed by atoms with van der Waals surface area (Å²) in [7, 11) is 0. The molecule has 1 aromatic carbocycles. The van der Waals surface area contributed by atoms with E-state index in [1.807, 2.05) is 23.1 Å². The van der Waals surface area contributed by atoms with Crippen molar-refractivity contribution in [1.82, 2.24) is 4.90 Å². The van der Waals surface area contributed by atoms with Crippen LogP contribution in [0.2, 0.25) is 0 Å². The maximum Gasteiger partial charge on any atom is 0.254 e. The Morgan fingerprint density at radius 3 is 2.46 bits per heavy atom. The molecule has 2 N–H and O–H groups in total. The van der Waals surface area contributed by atoms with Crippen molar-refractivity contribution in [2.24, 2.45) is 11.7 Å². The SMILES string of the molecule is CCCOc1ccc(C(=O)N2CCC(C)CC2CN)cc1OCCC.Cl. The highest BCUT2D eigenvalue weighted by Crippen LogP contribution is 2.31. The molecule has 2 unspecified atom stereocenters. The summed E-state index contributed by atoms with van der Waals surface area (Å²) in [6.45, 7) is 8.86. The Kier molecular flexibility index (Phi) is 9.81. The second kappa shape index (κ2) is 11.3. The largest absolute Gasteiger partial charge is 0.490 e. The number of halogens is 1. The van der Waals surface area contributed by atoms with Crippen LogP contribution in [0.3, 0.4) is 0 Å². The van der Waals surface area contributed by atoms with Gasteiger partial charge in [-0.25, -0.2) is 0 Å². The van der Waals surface area contributed by atoms with Crippen molar-refractivity contribution in [1.29, 1.82) is 0 Å². The molecule has 2 rings (SSSR count). The van der Waals surface area contributed by atoms with Gasteiger partial charge in [-0.05, 0) is 49.8 Å². The van der Waals surface area contributed by atoms with E-state index in [9.17, 15) is 4.79 Å². The van der Waals surface area contributed by atoms with E-state index < -0.39 is 0 Å². The number of likely N-dealkylation sites (tertiary alicyclic amines) is 1. The van der Waals surface area contributed by atoms with Crippen LogP contribution in [0.1, 0.15) is 56.8 Å². The third-order valence-corrected chi connectivity index (χ3v) is 4.62. The molecule has 1 fully saturated rings. The fraction of sp³-hybridized carbons (Fsp3) is 0.650. The molecule has 5 nitrogen and oxygen atoms in total. The Morgan fingerprint density at radius 1 is 1.19 bits per heavy atom. The standard InChI is InChI=1S/C20H32N2O3.ClH/c1-4-10-24-18-7-6-16(13-19(18)25-11-5-2)20(23)22-9-8-15(3)12-17(22)14-21;/h6-7,13,15,17H,4-5,8-12,14,21H2,1-3H3;1H. The highest BCUT2D eigenvalue weighted by Gasteiger charge is 2.30. The van der Waals surface area contributed by atoms with Crippen LogP contribution in [0.25, 0.3) is 0 Å². The lowest BCUT2D eigenvalue weighted by molar-refractivity contribution is 0.0573. The molecule has 2 atom stereocenters. The zero-order chi connectivity index (χ0) is 18.2. The van der Waals surface area contributed by atoms with Gasteiger partial charge < -0.3 is 20.1 Å². The predicted octanol–water partition coefficient (Wildman–Crippen LogP) is 3.89. The van der Waals surface area contributed by atoms with Crippen LogP contribution in [0, 0.1) is 5.92 Å². The second-order valence-corrected chi connectivity index (χ2v) is 6.88. The minimum absolute atomic E-state index is 0. The third kappa shape index (κ3) is 5.78. The van der Waals surface area contributed by atoms with E-state index >= 15 is 0 Å². The molecule has 148 valence electrons. The Labute approximate surface area is 163 Å². The van der Waals surface area contributed by atoms with Crippen LogP contribution < -0.4 is 15.2 Å². The number of carbonyl (C=O) groups is 1. The quantitative estimate of drug-likeness (QED) is 0.738. The molecule has 26 heavy (non-hydrogen) atoms. The summed E-state index contributed by atoms with van der Waals surface area (Å²) < 4.78 is 11.6. The van der Waals surface area contributed by atoms with E-state index in [1.54, 1.807) is 0 Å². The molecular formula is C20H33ClN2O3. The molecule has 1 aromatic rings. The van der Waals surface area contributed by atoms with E-state index in [2.05, 4.69) is 20.8 Å². The summed E-state index contributed by atoms with van der Waals surface area (Å²) in [5.41, 5.74) is 6.55. The van der Waals surface area contributed by atoms with Crippen molar-refractivity contribution in [3.8, 4) is 11.5 Å². The zero-order valence-corrected chi connectivity index (χ0v) is 17.0. The molecule has 0 saturated carbocycles. The van der Waals surface area contributed by atoms with Crippen LogP contribution in [0.4, 0.5) is 0 Å². The Balaban J connectivity index is 0.00000338. The number of carbonyl (C=O) groups excluding carboxylic acids is 1. The summed E-state index contributed by atoms with van der Waals surface area (Å²) in [6.07, 6.45) is 3.83. The molecule has 1 aliphatic rings. The third-order valence-electron chi connectivity index (χ3n) is 4.62. The first-order valence-electron chi connectivity index (χ1n) is 9.51. The van der Waals surface area contributed by atoms with E-state index in [1.165, 1.54) is 0 Å². The van der Waals surface area contributed by atoms with Crippen LogP contribution in [0.15, 0.2) is 18.2 Å². The minimum Gasteiger partial charge on any atom is -0.490 e. The average Bonchev–Trinajstić information content (AvgIpc) is 2.64. The van der Waals surface area contributed by atoms with Crippen molar-refractivity contribution in [2.45, 2.75) is 52.5 Å². The maximum absolute atomic E-state index is 13.0. The van der Waals surface area contributed by atoms with Crippen molar-refractivity contribution in [2.75, 3.05) is 26.3 Å². The first-order valence-corrected chi connectivity index (χ1v) is 9.51. The molecule has 0 spiro atoms. The zero-order valence-electron chi connectivity index (χ0n) is 16.2. The number of piperidine rings is 1. The number of hydrogen-bond acceptors (Lipinski definition) is 4. The van der Waals surface area contributed by atoms with Gasteiger partial charge >= 0.3 is 0 Å². The summed E-state index contributed by atoms with van der Waals surface area (Å²) in [4.78, 5) is 14.9. The molecule has 1 aliphatic heterocycles. The van der Waals surface area contributed by atoms with Crippen LogP contribution in [0.5, 0.6) is 11.5 Å². The van der Waals surface area contributed by atoms with Gasteiger partial charge in [0.2, 0.25) is 0 Å². The van der Waals surface area contributed by atoms with Gasteiger partial charge in [0.1, 0.15) is 0 Å². The van der Waals surface area contributed by atoms with Gasteiger partial charge in [-0.2, -0.15) is 0 Å². The van der Waals surface area contributed by atoms with Gasteiger partial charge in [-0.3, -0.25) is 4.79 Å². The predicted molar refractivity (Wildman–Crippen MR) is 108 cm³/mol. The summed E-state index contributed by atoms with van der Waals surface area (Å²) in [6, 6.07) is 5.61. The number of nitrogens with zero attached hydrogens (tertiary/aromatic N) is 1. The molecule has 0 aromatic heterocycles. The molecular weight excluding hydrogens is 352 g/mol. The van der Waals surface area contributed by atoms with Gasteiger partial charge in [0.05, 0.1) is 13.2 Å². The Morgan fingerprint density at radius 2 is 1.85 bits per heavy atom.